The Hall–Kier alpha value is -2.43. The summed E-state index contributed by atoms with van der Waals surface area (Å²) in [5.41, 5.74) is 0.957. The molecule has 0 radical (unpaired) electrons. The van der Waals surface area contributed by atoms with Crippen LogP contribution in [0.2, 0.25) is 0 Å². The molecular weight excluding hydrogens is 222 g/mol. The molecule has 0 bridgehead atoms. The van der Waals surface area contributed by atoms with Gasteiger partial charge in [0.05, 0.1) is 16.6 Å². The molecule has 0 unspecified atom stereocenters. The summed E-state index contributed by atoms with van der Waals surface area (Å²) in [6.45, 7) is 1.76. The van der Waals surface area contributed by atoms with Gasteiger partial charge in [-0.3, -0.25) is 4.98 Å². The lowest BCUT2D eigenvalue weighted by atomic mass is 10.0. The number of carboxylic acid groups (broad SMARTS) is 2. The normalized spacial score (nSPS) is 10.4. The number of rotatable bonds is 2. The van der Waals surface area contributed by atoms with Crippen LogP contribution in [0.15, 0.2) is 24.3 Å². The molecule has 0 spiro atoms. The number of hydrogen-bond donors (Lipinski definition) is 2. The van der Waals surface area contributed by atoms with Gasteiger partial charge < -0.3 is 10.2 Å². The van der Waals surface area contributed by atoms with Crippen molar-refractivity contribution in [2.45, 2.75) is 6.92 Å². The lowest BCUT2D eigenvalue weighted by Gasteiger charge is -2.05. The van der Waals surface area contributed by atoms with Gasteiger partial charge in [-0.15, -0.1) is 0 Å². The van der Waals surface area contributed by atoms with E-state index in [2.05, 4.69) is 4.98 Å². The number of aromatic nitrogens is 1. The summed E-state index contributed by atoms with van der Waals surface area (Å²) in [6, 6.07) is 5.84. The van der Waals surface area contributed by atoms with Gasteiger partial charge in [-0.25, -0.2) is 9.59 Å². The highest BCUT2D eigenvalue weighted by Crippen LogP contribution is 2.20. The topological polar surface area (TPSA) is 87.5 Å². The Morgan fingerprint density at radius 2 is 1.82 bits per heavy atom. The second kappa shape index (κ2) is 3.86. The SMILES string of the molecule is Cc1ccc2c(C(=O)O)cc(C(=O)O)cc2n1. The van der Waals surface area contributed by atoms with E-state index < -0.39 is 11.9 Å². The molecule has 2 aromatic rings. The molecule has 0 fully saturated rings. The maximum atomic E-state index is 11.1. The van der Waals surface area contributed by atoms with E-state index in [0.29, 0.717) is 16.6 Å². The molecule has 0 aliphatic carbocycles. The van der Waals surface area contributed by atoms with Crippen LogP contribution in [0.5, 0.6) is 0 Å². The number of pyridine rings is 1. The molecule has 0 aliphatic heterocycles. The molecule has 0 amide bonds. The third kappa shape index (κ3) is 1.94. The standard InChI is InChI=1S/C12H9NO4/c1-6-2-3-8-9(12(16)17)4-7(11(14)15)5-10(8)13-6/h2-5H,1H3,(H,14,15)(H,16,17). The first kappa shape index (κ1) is 11.1. The predicted molar refractivity (Wildman–Crippen MR) is 60.4 cm³/mol. The van der Waals surface area contributed by atoms with Gasteiger partial charge in [0.25, 0.3) is 0 Å². The minimum Gasteiger partial charge on any atom is -0.478 e. The Balaban J connectivity index is 2.85. The number of aryl methyl sites for hydroxylation is 1. The van der Waals surface area contributed by atoms with Crippen LogP contribution in [0.1, 0.15) is 26.4 Å². The molecule has 17 heavy (non-hydrogen) atoms. The molecule has 1 aromatic carbocycles. The van der Waals surface area contributed by atoms with Crippen LogP contribution in [-0.4, -0.2) is 27.1 Å². The summed E-state index contributed by atoms with van der Waals surface area (Å²) >= 11 is 0. The van der Waals surface area contributed by atoms with Gasteiger partial charge in [-0.2, -0.15) is 0 Å². The average molecular weight is 231 g/mol. The van der Waals surface area contributed by atoms with Crippen molar-refractivity contribution in [2.75, 3.05) is 0 Å². The Morgan fingerprint density at radius 3 is 2.41 bits per heavy atom. The van der Waals surface area contributed by atoms with E-state index in [1.807, 2.05) is 0 Å². The summed E-state index contributed by atoms with van der Waals surface area (Å²) < 4.78 is 0. The van der Waals surface area contributed by atoms with Gasteiger partial charge in [-0.1, -0.05) is 6.07 Å². The smallest absolute Gasteiger partial charge is 0.336 e. The fourth-order valence-corrected chi connectivity index (χ4v) is 1.64. The highest BCUT2D eigenvalue weighted by atomic mass is 16.4. The first-order valence-electron chi connectivity index (χ1n) is 4.87. The zero-order valence-corrected chi connectivity index (χ0v) is 8.97. The number of benzene rings is 1. The summed E-state index contributed by atoms with van der Waals surface area (Å²) in [5.74, 6) is -2.33. The van der Waals surface area contributed by atoms with Crippen molar-refractivity contribution in [2.24, 2.45) is 0 Å². The van der Waals surface area contributed by atoms with Gasteiger partial charge in [0.15, 0.2) is 0 Å². The van der Waals surface area contributed by atoms with Gasteiger partial charge in [0, 0.05) is 11.1 Å². The molecule has 2 N–H and O–H groups in total. The van der Waals surface area contributed by atoms with E-state index in [1.54, 1.807) is 19.1 Å². The first-order valence-corrected chi connectivity index (χ1v) is 4.87. The molecule has 5 heteroatoms. The number of aromatic carboxylic acids is 2. The third-order valence-electron chi connectivity index (χ3n) is 2.42. The van der Waals surface area contributed by atoms with Crippen LogP contribution in [0.25, 0.3) is 10.9 Å². The van der Waals surface area contributed by atoms with Gasteiger partial charge in [0.1, 0.15) is 0 Å². The predicted octanol–water partition coefficient (Wildman–Crippen LogP) is 1.94. The summed E-state index contributed by atoms with van der Waals surface area (Å²) in [4.78, 5) is 26.1. The summed E-state index contributed by atoms with van der Waals surface area (Å²) in [5, 5.41) is 18.4. The monoisotopic (exact) mass is 231 g/mol. The van der Waals surface area contributed by atoms with Crippen LogP contribution in [-0.2, 0) is 0 Å². The fraction of sp³-hybridized carbons (Fsp3) is 0.0833. The van der Waals surface area contributed by atoms with Crippen molar-refractivity contribution >= 4 is 22.8 Å². The third-order valence-corrected chi connectivity index (χ3v) is 2.42. The molecule has 0 aliphatic rings. The number of fused-ring (bicyclic) bond motifs is 1. The Labute approximate surface area is 96.3 Å². The van der Waals surface area contributed by atoms with Crippen molar-refractivity contribution < 1.29 is 19.8 Å². The second-order valence-corrected chi connectivity index (χ2v) is 3.65. The maximum Gasteiger partial charge on any atom is 0.336 e. The molecule has 1 aromatic heterocycles. The van der Waals surface area contributed by atoms with Crippen molar-refractivity contribution in [1.29, 1.82) is 0 Å². The van der Waals surface area contributed by atoms with E-state index >= 15 is 0 Å². The van der Waals surface area contributed by atoms with Crippen molar-refractivity contribution in [3.63, 3.8) is 0 Å². The van der Waals surface area contributed by atoms with Crippen LogP contribution in [0.3, 0.4) is 0 Å². The van der Waals surface area contributed by atoms with Crippen LogP contribution < -0.4 is 0 Å². The Kier molecular flexibility index (Phi) is 2.51. The number of hydrogen-bond acceptors (Lipinski definition) is 3. The van der Waals surface area contributed by atoms with Crippen LogP contribution >= 0.6 is 0 Å². The Morgan fingerprint density at radius 1 is 1.12 bits per heavy atom. The van der Waals surface area contributed by atoms with E-state index in [4.69, 9.17) is 10.2 Å². The minimum atomic E-state index is -1.17. The van der Waals surface area contributed by atoms with Crippen molar-refractivity contribution in [3.05, 3.63) is 41.1 Å². The van der Waals surface area contributed by atoms with Crippen LogP contribution in [0.4, 0.5) is 0 Å². The van der Waals surface area contributed by atoms with E-state index in [9.17, 15) is 9.59 Å². The lowest BCUT2D eigenvalue weighted by Crippen LogP contribution is -2.04. The Bertz CT molecular complexity index is 634. The highest BCUT2D eigenvalue weighted by molar-refractivity contribution is 6.06. The first-order chi connectivity index (χ1) is 7.99. The molecule has 2 rings (SSSR count). The number of nitrogens with zero attached hydrogens (tertiary/aromatic N) is 1. The molecule has 0 atom stereocenters. The maximum absolute atomic E-state index is 11.1. The largest absolute Gasteiger partial charge is 0.478 e. The molecule has 0 saturated carbocycles. The molecule has 5 nitrogen and oxygen atoms in total. The quantitative estimate of drug-likeness (QED) is 0.824. The van der Waals surface area contributed by atoms with E-state index in [1.165, 1.54) is 6.07 Å². The van der Waals surface area contributed by atoms with E-state index in [-0.39, 0.29) is 11.1 Å². The van der Waals surface area contributed by atoms with Crippen molar-refractivity contribution in [1.82, 2.24) is 4.98 Å². The molecule has 0 saturated heterocycles. The van der Waals surface area contributed by atoms with Crippen molar-refractivity contribution in [3.8, 4) is 0 Å². The highest BCUT2D eigenvalue weighted by Gasteiger charge is 2.14. The summed E-state index contributed by atoms with van der Waals surface area (Å²) in [6.07, 6.45) is 0. The van der Waals surface area contributed by atoms with Gasteiger partial charge >= 0.3 is 11.9 Å². The fourth-order valence-electron chi connectivity index (χ4n) is 1.64. The number of carbonyl (C=O) groups is 2. The second-order valence-electron chi connectivity index (χ2n) is 3.65. The van der Waals surface area contributed by atoms with Gasteiger partial charge in [0.2, 0.25) is 0 Å². The minimum absolute atomic E-state index is 0.0487. The number of carboxylic acids is 2. The van der Waals surface area contributed by atoms with Crippen LogP contribution in [0, 0.1) is 6.92 Å². The summed E-state index contributed by atoms with van der Waals surface area (Å²) in [7, 11) is 0. The average Bonchev–Trinajstić information content (AvgIpc) is 2.26. The zero-order chi connectivity index (χ0) is 12.6. The lowest BCUT2D eigenvalue weighted by molar-refractivity contribution is 0.0696. The molecular formula is C12H9NO4. The molecule has 1 heterocycles. The molecule has 86 valence electrons. The van der Waals surface area contributed by atoms with Gasteiger partial charge in [-0.05, 0) is 25.1 Å². The van der Waals surface area contributed by atoms with E-state index in [0.717, 1.165) is 6.07 Å². The zero-order valence-electron chi connectivity index (χ0n) is 8.97.